The van der Waals surface area contributed by atoms with Crippen molar-refractivity contribution in [2.24, 2.45) is 5.92 Å². The number of rotatable bonds is 3. The Hall–Kier alpha value is -1.84. The molecule has 1 aliphatic rings. The third-order valence-corrected chi connectivity index (χ3v) is 4.44. The zero-order valence-electron chi connectivity index (χ0n) is 12.9. The highest BCUT2D eigenvalue weighted by molar-refractivity contribution is 5.85. The molecule has 0 aromatic heterocycles. The van der Waals surface area contributed by atoms with E-state index in [0.29, 0.717) is 18.9 Å². The SMILES string of the molecule is Cc1cccc(C)c1CC(=O)N1CCC(C)CC1C(=O)O. The minimum Gasteiger partial charge on any atom is -0.480 e. The fourth-order valence-electron chi connectivity index (χ4n) is 3.05. The van der Waals surface area contributed by atoms with Gasteiger partial charge in [0, 0.05) is 6.54 Å². The van der Waals surface area contributed by atoms with Crippen molar-refractivity contribution in [1.29, 1.82) is 0 Å². The third-order valence-electron chi connectivity index (χ3n) is 4.44. The van der Waals surface area contributed by atoms with Crippen molar-refractivity contribution in [3.05, 3.63) is 34.9 Å². The number of aryl methyl sites for hydroxylation is 2. The highest BCUT2D eigenvalue weighted by Gasteiger charge is 2.34. The summed E-state index contributed by atoms with van der Waals surface area (Å²) in [6, 6.07) is 5.28. The number of carboxylic acids is 1. The number of hydrogen-bond acceptors (Lipinski definition) is 2. The highest BCUT2D eigenvalue weighted by atomic mass is 16.4. The molecule has 0 bridgehead atoms. The van der Waals surface area contributed by atoms with Crippen LogP contribution in [0.2, 0.25) is 0 Å². The maximum absolute atomic E-state index is 12.6. The van der Waals surface area contributed by atoms with Crippen LogP contribution in [0, 0.1) is 19.8 Å². The largest absolute Gasteiger partial charge is 0.480 e. The first kappa shape index (κ1) is 15.5. The average Bonchev–Trinajstić information content (AvgIpc) is 2.42. The first-order valence-corrected chi connectivity index (χ1v) is 7.47. The van der Waals surface area contributed by atoms with Gasteiger partial charge in [-0.3, -0.25) is 4.79 Å². The predicted octanol–water partition coefficient (Wildman–Crippen LogP) is 2.56. The minimum atomic E-state index is -0.892. The smallest absolute Gasteiger partial charge is 0.326 e. The second-order valence-corrected chi connectivity index (χ2v) is 6.12. The zero-order chi connectivity index (χ0) is 15.6. The molecule has 0 radical (unpaired) electrons. The molecule has 0 saturated carbocycles. The number of benzene rings is 1. The lowest BCUT2D eigenvalue weighted by molar-refractivity contribution is -0.152. The molecule has 1 heterocycles. The lowest BCUT2D eigenvalue weighted by Gasteiger charge is -2.36. The Labute approximate surface area is 125 Å². The minimum absolute atomic E-state index is 0.0771. The first-order valence-electron chi connectivity index (χ1n) is 7.47. The van der Waals surface area contributed by atoms with Crippen LogP contribution in [0.4, 0.5) is 0 Å². The Kier molecular flexibility index (Phi) is 4.66. The molecule has 1 aliphatic heterocycles. The fraction of sp³-hybridized carbons (Fsp3) is 0.529. The molecule has 0 aliphatic carbocycles. The molecule has 1 fully saturated rings. The van der Waals surface area contributed by atoms with Crippen molar-refractivity contribution in [3.8, 4) is 0 Å². The summed E-state index contributed by atoms with van der Waals surface area (Å²) in [6.45, 7) is 6.57. The van der Waals surface area contributed by atoms with E-state index in [1.165, 1.54) is 0 Å². The van der Waals surface area contributed by atoms with E-state index in [4.69, 9.17) is 0 Å². The molecule has 21 heavy (non-hydrogen) atoms. The monoisotopic (exact) mass is 289 g/mol. The van der Waals surface area contributed by atoms with Gasteiger partial charge in [0.2, 0.25) is 5.91 Å². The summed E-state index contributed by atoms with van der Waals surface area (Å²) in [6.07, 6.45) is 1.72. The number of piperidine rings is 1. The number of carboxylic acid groups (broad SMARTS) is 1. The van der Waals surface area contributed by atoms with Gasteiger partial charge in [-0.25, -0.2) is 4.79 Å². The molecular weight excluding hydrogens is 266 g/mol. The summed E-state index contributed by atoms with van der Waals surface area (Å²) in [5.74, 6) is -0.613. The van der Waals surface area contributed by atoms with E-state index >= 15 is 0 Å². The number of hydrogen-bond donors (Lipinski definition) is 1. The molecule has 2 unspecified atom stereocenters. The van der Waals surface area contributed by atoms with Crippen LogP contribution in [-0.4, -0.2) is 34.5 Å². The van der Waals surface area contributed by atoms with Crippen LogP contribution >= 0.6 is 0 Å². The second-order valence-electron chi connectivity index (χ2n) is 6.12. The summed E-state index contributed by atoms with van der Waals surface area (Å²) in [4.78, 5) is 25.5. The van der Waals surface area contributed by atoms with Crippen LogP contribution in [0.15, 0.2) is 18.2 Å². The molecule has 4 heteroatoms. The van der Waals surface area contributed by atoms with E-state index < -0.39 is 12.0 Å². The molecule has 2 rings (SSSR count). The molecule has 1 aromatic rings. The molecule has 4 nitrogen and oxygen atoms in total. The molecule has 1 aromatic carbocycles. The molecule has 1 N–H and O–H groups in total. The number of amides is 1. The summed E-state index contributed by atoms with van der Waals surface area (Å²) in [5, 5.41) is 9.36. The van der Waals surface area contributed by atoms with Crippen LogP contribution in [0.5, 0.6) is 0 Å². The van der Waals surface area contributed by atoms with E-state index in [2.05, 4.69) is 0 Å². The van der Waals surface area contributed by atoms with Gasteiger partial charge in [0.05, 0.1) is 6.42 Å². The first-order chi connectivity index (χ1) is 9.90. The van der Waals surface area contributed by atoms with Gasteiger partial charge in [-0.2, -0.15) is 0 Å². The Morgan fingerprint density at radius 3 is 2.48 bits per heavy atom. The Morgan fingerprint density at radius 1 is 1.29 bits per heavy atom. The molecule has 1 amide bonds. The van der Waals surface area contributed by atoms with Crippen LogP contribution < -0.4 is 0 Å². The molecule has 0 spiro atoms. The van der Waals surface area contributed by atoms with Gasteiger partial charge in [-0.1, -0.05) is 25.1 Å². The Balaban J connectivity index is 2.17. The maximum atomic E-state index is 12.6. The van der Waals surface area contributed by atoms with Gasteiger partial charge in [0.15, 0.2) is 0 Å². The zero-order valence-corrected chi connectivity index (χ0v) is 12.9. The summed E-state index contributed by atoms with van der Waals surface area (Å²) in [7, 11) is 0. The van der Waals surface area contributed by atoms with E-state index in [9.17, 15) is 14.7 Å². The van der Waals surface area contributed by atoms with Crippen molar-refractivity contribution < 1.29 is 14.7 Å². The number of likely N-dealkylation sites (tertiary alicyclic amines) is 1. The van der Waals surface area contributed by atoms with E-state index in [-0.39, 0.29) is 12.3 Å². The van der Waals surface area contributed by atoms with Crippen molar-refractivity contribution in [2.75, 3.05) is 6.54 Å². The fourth-order valence-corrected chi connectivity index (χ4v) is 3.05. The molecule has 2 atom stereocenters. The Bertz CT molecular complexity index is 533. The number of aliphatic carboxylic acids is 1. The van der Waals surface area contributed by atoms with E-state index in [0.717, 1.165) is 23.1 Å². The van der Waals surface area contributed by atoms with Gasteiger partial charge in [0.25, 0.3) is 0 Å². The highest BCUT2D eigenvalue weighted by Crippen LogP contribution is 2.24. The van der Waals surface area contributed by atoms with Crippen LogP contribution in [0.25, 0.3) is 0 Å². The molecular formula is C17H23NO3. The normalized spacial score (nSPS) is 22.1. The van der Waals surface area contributed by atoms with Gasteiger partial charge >= 0.3 is 5.97 Å². The summed E-state index contributed by atoms with van der Waals surface area (Å²) in [5.41, 5.74) is 3.19. The topological polar surface area (TPSA) is 57.6 Å². The van der Waals surface area contributed by atoms with Gasteiger partial charge in [0.1, 0.15) is 6.04 Å². The van der Waals surface area contributed by atoms with Crippen LogP contribution in [0.3, 0.4) is 0 Å². The van der Waals surface area contributed by atoms with E-state index in [1.54, 1.807) is 4.90 Å². The van der Waals surface area contributed by atoms with Crippen LogP contribution in [0.1, 0.15) is 36.5 Å². The number of nitrogens with zero attached hydrogens (tertiary/aromatic N) is 1. The molecule has 1 saturated heterocycles. The van der Waals surface area contributed by atoms with Gasteiger partial charge in [-0.15, -0.1) is 0 Å². The average molecular weight is 289 g/mol. The lowest BCUT2D eigenvalue weighted by Crippen LogP contribution is -2.50. The van der Waals surface area contributed by atoms with Crippen molar-refractivity contribution in [2.45, 2.75) is 46.1 Å². The summed E-state index contributed by atoms with van der Waals surface area (Å²) >= 11 is 0. The lowest BCUT2D eigenvalue weighted by atomic mass is 9.91. The van der Waals surface area contributed by atoms with Crippen molar-refractivity contribution in [3.63, 3.8) is 0 Å². The maximum Gasteiger partial charge on any atom is 0.326 e. The quantitative estimate of drug-likeness (QED) is 0.930. The van der Waals surface area contributed by atoms with Gasteiger partial charge < -0.3 is 10.0 Å². The van der Waals surface area contributed by atoms with E-state index in [1.807, 2.05) is 39.0 Å². The molecule has 114 valence electrons. The van der Waals surface area contributed by atoms with Gasteiger partial charge in [-0.05, 0) is 49.3 Å². The standard InChI is InChI=1S/C17H23NO3/c1-11-7-8-18(15(9-11)17(20)21)16(19)10-14-12(2)5-4-6-13(14)3/h4-6,11,15H,7-10H2,1-3H3,(H,20,21). The second kappa shape index (κ2) is 6.29. The van der Waals surface area contributed by atoms with Crippen molar-refractivity contribution in [1.82, 2.24) is 4.90 Å². The predicted molar refractivity (Wildman–Crippen MR) is 81.2 cm³/mol. The third kappa shape index (κ3) is 3.43. The number of carbonyl (C=O) groups excluding carboxylic acids is 1. The van der Waals surface area contributed by atoms with Crippen LogP contribution in [-0.2, 0) is 16.0 Å². The summed E-state index contributed by atoms with van der Waals surface area (Å²) < 4.78 is 0. The number of carbonyl (C=O) groups is 2. The Morgan fingerprint density at radius 2 is 1.90 bits per heavy atom. The van der Waals surface area contributed by atoms with Crippen molar-refractivity contribution >= 4 is 11.9 Å².